The number of carbonyl (C=O) groups is 2. The first-order valence-corrected chi connectivity index (χ1v) is 5.79. The van der Waals surface area contributed by atoms with Crippen molar-refractivity contribution in [2.75, 3.05) is 20.2 Å². The largest absolute Gasteiger partial charge is 0.465 e. The Balaban J connectivity index is 2.84. The molecule has 0 radical (unpaired) electrons. The number of carbonyl (C=O) groups excluding carboxylic acids is 2. The lowest BCUT2D eigenvalue weighted by molar-refractivity contribution is -0.143. The lowest BCUT2D eigenvalue weighted by atomic mass is 10.1. The number of esters is 1. The molecule has 0 saturated heterocycles. The smallest absolute Gasteiger partial charge is 0.325 e. The molecule has 0 atom stereocenters. The topological polar surface area (TPSA) is 64.4 Å². The normalized spacial score (nSPS) is 10.3. The highest BCUT2D eigenvalue weighted by Crippen LogP contribution is 2.14. The Kier molecular flexibility index (Phi) is 4.47. The van der Waals surface area contributed by atoms with E-state index in [0.717, 1.165) is 5.69 Å². The monoisotopic (exact) mass is 253 g/mol. The molecule has 100 valence electrons. The minimum Gasteiger partial charge on any atom is -0.465 e. The molecule has 1 aromatic heterocycles. The fourth-order valence-corrected chi connectivity index (χ4v) is 1.75. The van der Waals surface area contributed by atoms with E-state index in [2.05, 4.69) is 5.10 Å². The van der Waals surface area contributed by atoms with Crippen LogP contribution in [0.4, 0.5) is 0 Å². The van der Waals surface area contributed by atoms with Crippen LogP contribution in [-0.4, -0.2) is 46.8 Å². The predicted octanol–water partition coefficient (Wildman–Crippen LogP) is 0.672. The molecule has 0 aliphatic rings. The van der Waals surface area contributed by atoms with E-state index in [4.69, 9.17) is 4.74 Å². The maximum Gasteiger partial charge on any atom is 0.325 e. The summed E-state index contributed by atoms with van der Waals surface area (Å²) in [6.07, 6.45) is 0. The maximum atomic E-state index is 12.2. The van der Waals surface area contributed by atoms with E-state index in [-0.39, 0.29) is 12.5 Å². The fourth-order valence-electron chi connectivity index (χ4n) is 1.75. The van der Waals surface area contributed by atoms with Crippen LogP contribution in [0.5, 0.6) is 0 Å². The summed E-state index contributed by atoms with van der Waals surface area (Å²) in [6, 6.07) is 0. The van der Waals surface area contributed by atoms with Crippen LogP contribution in [0.25, 0.3) is 0 Å². The first-order chi connectivity index (χ1) is 8.38. The van der Waals surface area contributed by atoms with Crippen LogP contribution in [-0.2, 0) is 16.6 Å². The summed E-state index contributed by atoms with van der Waals surface area (Å²) in [5, 5.41) is 4.18. The quantitative estimate of drug-likeness (QED) is 0.740. The molecule has 0 unspecified atom stereocenters. The Bertz CT molecular complexity index is 465. The van der Waals surface area contributed by atoms with Crippen LogP contribution >= 0.6 is 0 Å². The number of hydrogen-bond donors (Lipinski definition) is 0. The van der Waals surface area contributed by atoms with Crippen LogP contribution in [0.1, 0.15) is 28.7 Å². The predicted molar refractivity (Wildman–Crippen MR) is 66.3 cm³/mol. The molecule has 0 fully saturated rings. The molecule has 18 heavy (non-hydrogen) atoms. The van der Waals surface area contributed by atoms with Gasteiger partial charge in [0.25, 0.3) is 5.91 Å². The number of amides is 1. The zero-order chi connectivity index (χ0) is 13.9. The molecular weight excluding hydrogens is 234 g/mol. The molecule has 0 aliphatic heterocycles. The second-order valence-electron chi connectivity index (χ2n) is 4.14. The average molecular weight is 253 g/mol. The van der Waals surface area contributed by atoms with Gasteiger partial charge in [-0.3, -0.25) is 14.3 Å². The molecule has 1 rings (SSSR count). The van der Waals surface area contributed by atoms with Gasteiger partial charge >= 0.3 is 5.97 Å². The SMILES string of the molecule is CCOC(=O)CN(C)C(=O)c1c(C)nn(C)c1C. The lowest BCUT2D eigenvalue weighted by Crippen LogP contribution is -2.33. The number of aryl methyl sites for hydroxylation is 2. The van der Waals surface area contributed by atoms with Crippen molar-refractivity contribution >= 4 is 11.9 Å². The van der Waals surface area contributed by atoms with Gasteiger partial charge in [-0.1, -0.05) is 0 Å². The summed E-state index contributed by atoms with van der Waals surface area (Å²) < 4.78 is 6.46. The number of likely N-dealkylation sites (N-methyl/N-ethyl adjacent to an activating group) is 1. The molecule has 1 amide bonds. The van der Waals surface area contributed by atoms with Gasteiger partial charge in [-0.15, -0.1) is 0 Å². The molecule has 0 aromatic carbocycles. The molecule has 0 bridgehead atoms. The Hall–Kier alpha value is -1.85. The minimum atomic E-state index is -0.410. The highest BCUT2D eigenvalue weighted by Gasteiger charge is 2.22. The lowest BCUT2D eigenvalue weighted by Gasteiger charge is -2.16. The standard InChI is InChI=1S/C12H19N3O3/c1-6-18-10(16)7-14(4)12(17)11-8(2)13-15(5)9(11)3/h6-7H2,1-5H3. The Morgan fingerprint density at radius 3 is 2.44 bits per heavy atom. The van der Waals surface area contributed by atoms with Crippen molar-refractivity contribution in [1.82, 2.24) is 14.7 Å². The van der Waals surface area contributed by atoms with Gasteiger partial charge in [0.1, 0.15) is 6.54 Å². The van der Waals surface area contributed by atoms with Gasteiger partial charge in [0.15, 0.2) is 0 Å². The highest BCUT2D eigenvalue weighted by atomic mass is 16.5. The van der Waals surface area contributed by atoms with Gasteiger partial charge in [-0.25, -0.2) is 0 Å². The Labute approximate surface area is 107 Å². The molecule has 1 aromatic rings. The van der Waals surface area contributed by atoms with Crippen molar-refractivity contribution in [2.24, 2.45) is 7.05 Å². The van der Waals surface area contributed by atoms with E-state index in [9.17, 15) is 9.59 Å². The van der Waals surface area contributed by atoms with Crippen LogP contribution in [0.15, 0.2) is 0 Å². The van der Waals surface area contributed by atoms with Crippen LogP contribution in [0, 0.1) is 13.8 Å². The van der Waals surface area contributed by atoms with E-state index in [1.54, 1.807) is 32.6 Å². The van der Waals surface area contributed by atoms with Gasteiger partial charge < -0.3 is 9.64 Å². The zero-order valence-corrected chi connectivity index (χ0v) is 11.5. The summed E-state index contributed by atoms with van der Waals surface area (Å²) in [5.74, 6) is -0.626. The van der Waals surface area contributed by atoms with Crippen LogP contribution in [0.3, 0.4) is 0 Å². The number of ether oxygens (including phenoxy) is 1. The van der Waals surface area contributed by atoms with Crippen LogP contribution < -0.4 is 0 Å². The van der Waals surface area contributed by atoms with E-state index >= 15 is 0 Å². The van der Waals surface area contributed by atoms with E-state index in [1.165, 1.54) is 4.90 Å². The van der Waals surface area contributed by atoms with Crippen molar-refractivity contribution in [3.05, 3.63) is 17.0 Å². The second-order valence-corrected chi connectivity index (χ2v) is 4.14. The maximum absolute atomic E-state index is 12.2. The molecule has 0 N–H and O–H groups in total. The first-order valence-electron chi connectivity index (χ1n) is 5.79. The third-order valence-electron chi connectivity index (χ3n) is 2.74. The fraction of sp³-hybridized carbons (Fsp3) is 0.583. The van der Waals surface area contributed by atoms with Gasteiger partial charge in [0, 0.05) is 19.8 Å². The highest BCUT2D eigenvalue weighted by molar-refractivity contribution is 5.97. The molecule has 0 spiro atoms. The molecule has 6 heteroatoms. The summed E-state index contributed by atoms with van der Waals surface area (Å²) in [6.45, 7) is 5.59. The van der Waals surface area contributed by atoms with Crippen molar-refractivity contribution in [3.63, 3.8) is 0 Å². The number of aromatic nitrogens is 2. The van der Waals surface area contributed by atoms with Gasteiger partial charge in [0.2, 0.25) is 0 Å². The summed E-state index contributed by atoms with van der Waals surface area (Å²) in [4.78, 5) is 24.9. The minimum absolute atomic E-state index is 0.0551. The summed E-state index contributed by atoms with van der Waals surface area (Å²) in [7, 11) is 3.36. The molecule has 6 nitrogen and oxygen atoms in total. The van der Waals surface area contributed by atoms with E-state index < -0.39 is 5.97 Å². The Morgan fingerprint density at radius 2 is 2.00 bits per heavy atom. The zero-order valence-electron chi connectivity index (χ0n) is 11.5. The summed E-state index contributed by atoms with van der Waals surface area (Å²) in [5.41, 5.74) is 1.99. The molecular formula is C12H19N3O3. The second kappa shape index (κ2) is 5.66. The third-order valence-corrected chi connectivity index (χ3v) is 2.74. The van der Waals surface area contributed by atoms with Gasteiger partial charge in [-0.2, -0.15) is 5.10 Å². The number of hydrogen-bond acceptors (Lipinski definition) is 4. The average Bonchev–Trinajstić information content (AvgIpc) is 2.52. The molecule has 1 heterocycles. The molecule has 0 aliphatic carbocycles. The van der Waals surface area contributed by atoms with E-state index in [1.807, 2.05) is 6.92 Å². The van der Waals surface area contributed by atoms with Gasteiger partial charge in [-0.05, 0) is 20.8 Å². The number of nitrogens with zero attached hydrogens (tertiary/aromatic N) is 3. The summed E-state index contributed by atoms with van der Waals surface area (Å²) >= 11 is 0. The first kappa shape index (κ1) is 14.2. The van der Waals surface area contributed by atoms with Crippen molar-refractivity contribution < 1.29 is 14.3 Å². The van der Waals surface area contributed by atoms with Crippen LogP contribution in [0.2, 0.25) is 0 Å². The van der Waals surface area contributed by atoms with Crippen molar-refractivity contribution in [3.8, 4) is 0 Å². The van der Waals surface area contributed by atoms with Crippen molar-refractivity contribution in [2.45, 2.75) is 20.8 Å². The number of rotatable bonds is 4. The van der Waals surface area contributed by atoms with Gasteiger partial charge in [0.05, 0.1) is 17.9 Å². The van der Waals surface area contributed by atoms with E-state index in [0.29, 0.717) is 17.9 Å². The molecule has 0 saturated carbocycles. The third kappa shape index (κ3) is 2.88. The van der Waals surface area contributed by atoms with Crippen molar-refractivity contribution in [1.29, 1.82) is 0 Å². The Morgan fingerprint density at radius 1 is 1.39 bits per heavy atom.